The van der Waals surface area contributed by atoms with Gasteiger partial charge in [-0.05, 0) is 38.2 Å². The number of thioether (sulfide) groups is 1. The third-order valence-electron chi connectivity index (χ3n) is 3.43. The Morgan fingerprint density at radius 1 is 1.23 bits per heavy atom. The summed E-state index contributed by atoms with van der Waals surface area (Å²) >= 11 is 1.91. The molecule has 0 aromatic heterocycles. The number of hydrogen-bond donors (Lipinski definition) is 2. The Kier molecular flexibility index (Phi) is 13.2. The maximum atomic E-state index is 11.6. The van der Waals surface area contributed by atoms with Crippen molar-refractivity contribution in [3.05, 3.63) is 0 Å². The van der Waals surface area contributed by atoms with E-state index in [0.29, 0.717) is 6.04 Å². The molecular formula is C16H34N4OS. The van der Waals surface area contributed by atoms with E-state index in [-0.39, 0.29) is 12.5 Å². The average molecular weight is 331 g/mol. The molecule has 0 saturated heterocycles. The Morgan fingerprint density at radius 3 is 2.50 bits per heavy atom. The van der Waals surface area contributed by atoms with Crippen molar-refractivity contribution < 1.29 is 4.79 Å². The zero-order valence-electron chi connectivity index (χ0n) is 14.9. The summed E-state index contributed by atoms with van der Waals surface area (Å²) in [6.07, 6.45) is 8.13. The van der Waals surface area contributed by atoms with Gasteiger partial charge in [-0.25, -0.2) is 4.99 Å². The Bertz CT molecular complexity index is 321. The molecule has 0 rings (SSSR count). The molecule has 0 aliphatic heterocycles. The number of hydrogen-bond acceptors (Lipinski definition) is 3. The van der Waals surface area contributed by atoms with E-state index in [1.807, 2.05) is 11.8 Å². The van der Waals surface area contributed by atoms with Crippen LogP contribution in [0.2, 0.25) is 0 Å². The summed E-state index contributed by atoms with van der Waals surface area (Å²) in [6, 6.07) is 0.349. The van der Waals surface area contributed by atoms with Gasteiger partial charge in [-0.15, -0.1) is 0 Å². The van der Waals surface area contributed by atoms with Gasteiger partial charge < -0.3 is 15.5 Å². The largest absolute Gasteiger partial charge is 0.356 e. The smallest absolute Gasteiger partial charge is 0.243 e. The van der Waals surface area contributed by atoms with Crippen LogP contribution in [0, 0.1) is 0 Å². The number of nitrogens with zero attached hydrogens (tertiary/aromatic N) is 2. The van der Waals surface area contributed by atoms with E-state index in [1.165, 1.54) is 25.0 Å². The van der Waals surface area contributed by atoms with E-state index in [1.54, 1.807) is 19.0 Å². The Hall–Kier alpha value is -0.910. The van der Waals surface area contributed by atoms with E-state index in [0.717, 1.165) is 25.3 Å². The minimum absolute atomic E-state index is 0.0160. The highest BCUT2D eigenvalue weighted by molar-refractivity contribution is 7.98. The second-order valence-electron chi connectivity index (χ2n) is 5.74. The molecule has 1 amide bonds. The summed E-state index contributed by atoms with van der Waals surface area (Å²) in [5.41, 5.74) is 0. The number of unbranched alkanes of at least 4 members (excludes halogenated alkanes) is 3. The maximum Gasteiger partial charge on any atom is 0.243 e. The average Bonchev–Trinajstić information content (AvgIpc) is 2.50. The number of amides is 1. The fourth-order valence-electron chi connectivity index (χ4n) is 1.71. The van der Waals surface area contributed by atoms with Crippen LogP contribution < -0.4 is 10.6 Å². The van der Waals surface area contributed by atoms with E-state index >= 15 is 0 Å². The number of guanidine groups is 1. The van der Waals surface area contributed by atoms with Crippen LogP contribution in [0.1, 0.15) is 46.0 Å². The number of carbonyl (C=O) groups excluding carboxylic acids is 1. The molecule has 22 heavy (non-hydrogen) atoms. The lowest BCUT2D eigenvalue weighted by Crippen LogP contribution is -2.43. The summed E-state index contributed by atoms with van der Waals surface area (Å²) in [7, 11) is 3.50. The number of likely N-dealkylation sites (N-methyl/N-ethyl adjacent to an activating group) is 1. The van der Waals surface area contributed by atoms with Crippen molar-refractivity contribution in [2.45, 2.75) is 52.0 Å². The second-order valence-corrected chi connectivity index (χ2v) is 6.73. The number of nitrogens with one attached hydrogen (secondary N) is 2. The van der Waals surface area contributed by atoms with Crippen LogP contribution in [0.4, 0.5) is 0 Å². The monoisotopic (exact) mass is 330 g/mol. The van der Waals surface area contributed by atoms with Gasteiger partial charge in [-0.3, -0.25) is 4.79 Å². The normalized spacial score (nSPS) is 12.9. The molecule has 2 N–H and O–H groups in total. The van der Waals surface area contributed by atoms with E-state index < -0.39 is 0 Å². The van der Waals surface area contributed by atoms with Crippen molar-refractivity contribution >= 4 is 23.6 Å². The van der Waals surface area contributed by atoms with Gasteiger partial charge in [-0.1, -0.05) is 19.8 Å². The van der Waals surface area contributed by atoms with Gasteiger partial charge in [0.1, 0.15) is 6.54 Å². The van der Waals surface area contributed by atoms with Crippen LogP contribution in [0.15, 0.2) is 4.99 Å². The van der Waals surface area contributed by atoms with Gasteiger partial charge in [0.2, 0.25) is 5.91 Å². The van der Waals surface area contributed by atoms with Gasteiger partial charge in [-0.2, -0.15) is 11.8 Å². The number of aliphatic imine (C=N–C) groups is 1. The molecule has 0 aliphatic carbocycles. The standard InChI is InChI=1S/C16H34N4OS/c1-6-14(2)19-16(18-13-15(21)20(3)4)17-11-9-7-8-10-12-22-5/h14H,6-13H2,1-5H3,(H2,17,18,19). The van der Waals surface area contributed by atoms with E-state index in [4.69, 9.17) is 0 Å². The molecule has 6 heteroatoms. The van der Waals surface area contributed by atoms with Crippen molar-refractivity contribution in [3.63, 3.8) is 0 Å². The zero-order valence-corrected chi connectivity index (χ0v) is 15.8. The van der Waals surface area contributed by atoms with Crippen LogP contribution in [0.25, 0.3) is 0 Å². The van der Waals surface area contributed by atoms with E-state index in [9.17, 15) is 4.79 Å². The van der Waals surface area contributed by atoms with Crippen LogP contribution in [-0.4, -0.2) is 62.0 Å². The fourth-order valence-corrected chi connectivity index (χ4v) is 2.20. The first-order chi connectivity index (χ1) is 10.5. The minimum Gasteiger partial charge on any atom is -0.356 e. The highest BCUT2D eigenvalue weighted by atomic mass is 32.2. The molecule has 0 aliphatic rings. The lowest BCUT2D eigenvalue weighted by atomic mass is 10.2. The zero-order chi connectivity index (χ0) is 16.8. The maximum absolute atomic E-state index is 11.6. The molecule has 1 unspecified atom stereocenters. The van der Waals surface area contributed by atoms with Crippen molar-refractivity contribution in [3.8, 4) is 0 Å². The van der Waals surface area contributed by atoms with Crippen molar-refractivity contribution in [1.82, 2.24) is 15.5 Å². The molecular weight excluding hydrogens is 296 g/mol. The lowest BCUT2D eigenvalue weighted by Gasteiger charge is -2.17. The first-order valence-corrected chi connectivity index (χ1v) is 9.64. The Labute approximate surface area is 140 Å². The number of carbonyl (C=O) groups is 1. The van der Waals surface area contributed by atoms with Gasteiger partial charge in [0.05, 0.1) is 0 Å². The molecule has 5 nitrogen and oxygen atoms in total. The lowest BCUT2D eigenvalue weighted by molar-refractivity contribution is -0.127. The third-order valence-corrected chi connectivity index (χ3v) is 4.13. The van der Waals surface area contributed by atoms with E-state index in [2.05, 4.69) is 35.7 Å². The predicted octanol–water partition coefficient (Wildman–Crippen LogP) is 2.33. The van der Waals surface area contributed by atoms with Crippen LogP contribution in [0.3, 0.4) is 0 Å². The highest BCUT2D eigenvalue weighted by Crippen LogP contribution is 2.03. The molecule has 0 aromatic carbocycles. The minimum atomic E-state index is 0.0160. The molecule has 1 atom stereocenters. The molecule has 0 heterocycles. The number of rotatable bonds is 11. The molecule has 0 spiro atoms. The Morgan fingerprint density at radius 2 is 1.91 bits per heavy atom. The fraction of sp³-hybridized carbons (Fsp3) is 0.875. The van der Waals surface area contributed by atoms with Crippen molar-refractivity contribution in [2.24, 2.45) is 4.99 Å². The summed E-state index contributed by atoms with van der Waals surface area (Å²) < 4.78 is 0. The van der Waals surface area contributed by atoms with Gasteiger partial charge in [0, 0.05) is 26.7 Å². The van der Waals surface area contributed by atoms with Gasteiger partial charge in [0.15, 0.2) is 5.96 Å². The Balaban J connectivity index is 4.13. The van der Waals surface area contributed by atoms with Crippen molar-refractivity contribution in [2.75, 3.05) is 39.2 Å². The van der Waals surface area contributed by atoms with Gasteiger partial charge >= 0.3 is 0 Å². The molecule has 0 aromatic rings. The first-order valence-electron chi connectivity index (χ1n) is 8.25. The highest BCUT2D eigenvalue weighted by Gasteiger charge is 2.06. The molecule has 0 radical (unpaired) electrons. The SMILES string of the molecule is CCC(C)NC(=NCC(=O)N(C)C)NCCCCCCSC. The molecule has 0 bridgehead atoms. The van der Waals surface area contributed by atoms with Gasteiger partial charge in [0.25, 0.3) is 0 Å². The van der Waals surface area contributed by atoms with Crippen molar-refractivity contribution in [1.29, 1.82) is 0 Å². The molecule has 0 saturated carbocycles. The van der Waals surface area contributed by atoms with Crippen LogP contribution in [0.5, 0.6) is 0 Å². The van der Waals surface area contributed by atoms with Crippen LogP contribution in [-0.2, 0) is 4.79 Å². The summed E-state index contributed by atoms with van der Waals surface area (Å²) in [4.78, 5) is 17.6. The van der Waals surface area contributed by atoms with Crippen LogP contribution >= 0.6 is 11.8 Å². The summed E-state index contributed by atoms with van der Waals surface area (Å²) in [5.74, 6) is 2.01. The molecule has 130 valence electrons. The topological polar surface area (TPSA) is 56.7 Å². The quantitative estimate of drug-likeness (QED) is 0.347. The summed E-state index contributed by atoms with van der Waals surface area (Å²) in [6.45, 7) is 5.34. The second kappa shape index (κ2) is 13.7. The predicted molar refractivity (Wildman–Crippen MR) is 98.7 cm³/mol. The summed E-state index contributed by atoms with van der Waals surface area (Å²) in [5, 5.41) is 6.67. The molecule has 0 fully saturated rings. The first kappa shape index (κ1) is 21.1. The third kappa shape index (κ3) is 11.7.